The first-order valence-corrected chi connectivity index (χ1v) is 6.41. The average molecular weight is 301 g/mol. The Morgan fingerprint density at radius 2 is 2.10 bits per heavy atom. The summed E-state index contributed by atoms with van der Waals surface area (Å²) in [5.74, 6) is -0.808. The van der Waals surface area contributed by atoms with Crippen LogP contribution in [0.25, 0.3) is 0 Å². The second-order valence-electron chi connectivity index (χ2n) is 4.09. The number of carbonyl (C=O) groups is 2. The van der Waals surface area contributed by atoms with E-state index in [2.05, 4.69) is 5.32 Å². The van der Waals surface area contributed by atoms with Crippen molar-refractivity contribution in [2.75, 3.05) is 32.1 Å². The van der Waals surface area contributed by atoms with Gasteiger partial charge in [0.25, 0.3) is 0 Å². The molecule has 7 heteroatoms. The highest BCUT2D eigenvalue weighted by Crippen LogP contribution is 2.27. The average Bonchev–Trinajstić information content (AvgIpc) is 2.37. The lowest BCUT2D eigenvalue weighted by atomic mass is 10.3. The van der Waals surface area contributed by atoms with Gasteiger partial charge in [0.1, 0.15) is 5.75 Å². The number of nitrogens with one attached hydrogen (secondary N) is 1. The summed E-state index contributed by atoms with van der Waals surface area (Å²) < 4.78 is 5.12. The van der Waals surface area contributed by atoms with E-state index < -0.39 is 5.97 Å². The highest BCUT2D eigenvalue weighted by Gasteiger charge is 2.14. The van der Waals surface area contributed by atoms with Crippen LogP contribution in [-0.4, -0.2) is 48.6 Å². The van der Waals surface area contributed by atoms with Gasteiger partial charge < -0.3 is 15.2 Å². The maximum Gasteiger partial charge on any atom is 0.317 e. The summed E-state index contributed by atoms with van der Waals surface area (Å²) in [4.78, 5) is 24.0. The molecule has 0 atom stereocenters. The Bertz CT molecular complexity index is 493. The lowest BCUT2D eigenvalue weighted by molar-refractivity contribution is -0.138. The van der Waals surface area contributed by atoms with E-state index in [0.717, 1.165) is 0 Å². The number of hydrogen-bond donors (Lipinski definition) is 2. The number of aliphatic carboxylic acids is 1. The normalized spacial score (nSPS) is 10.4. The van der Waals surface area contributed by atoms with E-state index in [-0.39, 0.29) is 19.0 Å². The summed E-state index contributed by atoms with van der Waals surface area (Å²) in [7, 11) is 1.49. The van der Waals surface area contributed by atoms with E-state index in [0.29, 0.717) is 23.0 Å². The number of ether oxygens (including phenoxy) is 1. The molecule has 1 aromatic carbocycles. The topological polar surface area (TPSA) is 78.9 Å². The molecule has 0 spiro atoms. The molecular weight excluding hydrogens is 284 g/mol. The van der Waals surface area contributed by atoms with Crippen molar-refractivity contribution >= 4 is 29.2 Å². The van der Waals surface area contributed by atoms with Gasteiger partial charge in [0.2, 0.25) is 5.91 Å². The summed E-state index contributed by atoms with van der Waals surface area (Å²) in [6, 6.07) is 4.87. The van der Waals surface area contributed by atoms with E-state index >= 15 is 0 Å². The van der Waals surface area contributed by atoms with Crippen molar-refractivity contribution in [1.29, 1.82) is 0 Å². The first-order chi connectivity index (χ1) is 9.46. The maximum atomic E-state index is 11.9. The second kappa shape index (κ2) is 7.72. The van der Waals surface area contributed by atoms with E-state index in [4.69, 9.17) is 21.4 Å². The molecule has 0 heterocycles. The second-order valence-corrected chi connectivity index (χ2v) is 4.53. The van der Waals surface area contributed by atoms with Crippen molar-refractivity contribution in [2.24, 2.45) is 0 Å². The molecule has 0 aromatic heterocycles. The molecule has 0 fully saturated rings. The Hall–Kier alpha value is -1.79. The molecule has 1 amide bonds. The predicted octanol–water partition coefficient (Wildman–Crippen LogP) is 1.69. The number of carboxylic acid groups (broad SMARTS) is 1. The fourth-order valence-electron chi connectivity index (χ4n) is 1.64. The largest absolute Gasteiger partial charge is 0.495 e. The van der Waals surface area contributed by atoms with Crippen LogP contribution in [0.15, 0.2) is 18.2 Å². The van der Waals surface area contributed by atoms with Gasteiger partial charge in [-0.1, -0.05) is 18.5 Å². The standard InChI is InChI=1S/C13H17ClN2O4/c1-3-16(8-13(18)19)7-12(17)15-10-6-9(14)4-5-11(10)20-2/h4-6H,3,7-8H2,1-2H3,(H,15,17)(H,18,19). The van der Waals surface area contributed by atoms with Crippen molar-refractivity contribution < 1.29 is 19.4 Å². The minimum atomic E-state index is -0.972. The molecule has 110 valence electrons. The van der Waals surface area contributed by atoms with Crippen LogP contribution in [0, 0.1) is 0 Å². The number of rotatable bonds is 7. The number of halogens is 1. The summed E-state index contributed by atoms with van der Waals surface area (Å²) in [6.45, 7) is 2.05. The van der Waals surface area contributed by atoms with Crippen molar-refractivity contribution in [2.45, 2.75) is 6.92 Å². The molecular formula is C13H17ClN2O4. The Kier molecular flexibility index (Phi) is 6.27. The molecule has 1 aromatic rings. The Labute approximate surface area is 122 Å². The number of methoxy groups -OCH3 is 1. The minimum Gasteiger partial charge on any atom is -0.495 e. The lowest BCUT2D eigenvalue weighted by Gasteiger charge is -2.18. The lowest BCUT2D eigenvalue weighted by Crippen LogP contribution is -2.36. The Balaban J connectivity index is 2.70. The number of amides is 1. The molecule has 0 saturated heterocycles. The maximum absolute atomic E-state index is 11.9. The molecule has 0 radical (unpaired) electrons. The van der Waals surface area contributed by atoms with Crippen molar-refractivity contribution in [3.63, 3.8) is 0 Å². The third-order valence-electron chi connectivity index (χ3n) is 2.61. The van der Waals surface area contributed by atoms with Crippen LogP contribution >= 0.6 is 11.6 Å². The van der Waals surface area contributed by atoms with Crippen LogP contribution < -0.4 is 10.1 Å². The Morgan fingerprint density at radius 3 is 2.65 bits per heavy atom. The van der Waals surface area contributed by atoms with Crippen molar-refractivity contribution in [3.8, 4) is 5.75 Å². The van der Waals surface area contributed by atoms with E-state index in [9.17, 15) is 9.59 Å². The number of anilines is 1. The molecule has 0 bridgehead atoms. The molecule has 0 aliphatic carbocycles. The molecule has 0 saturated carbocycles. The molecule has 0 aliphatic rings. The quantitative estimate of drug-likeness (QED) is 0.801. The Morgan fingerprint density at radius 1 is 1.40 bits per heavy atom. The van der Waals surface area contributed by atoms with Gasteiger partial charge in [0.05, 0.1) is 25.9 Å². The van der Waals surface area contributed by atoms with Gasteiger partial charge in [-0.05, 0) is 24.7 Å². The molecule has 6 nitrogen and oxygen atoms in total. The fraction of sp³-hybridized carbons (Fsp3) is 0.385. The van der Waals surface area contributed by atoms with Gasteiger partial charge >= 0.3 is 5.97 Å². The fourth-order valence-corrected chi connectivity index (χ4v) is 1.81. The molecule has 0 aliphatic heterocycles. The molecule has 0 unspecified atom stereocenters. The highest BCUT2D eigenvalue weighted by atomic mass is 35.5. The SMILES string of the molecule is CCN(CC(=O)O)CC(=O)Nc1cc(Cl)ccc1OC. The zero-order valence-corrected chi connectivity index (χ0v) is 12.1. The summed E-state index contributed by atoms with van der Waals surface area (Å²) in [5, 5.41) is 11.9. The number of carboxylic acids is 1. The van der Waals surface area contributed by atoms with Crippen LogP contribution in [0.5, 0.6) is 5.75 Å². The van der Waals surface area contributed by atoms with E-state index in [1.165, 1.54) is 12.0 Å². The van der Waals surface area contributed by atoms with Crippen LogP contribution in [0.2, 0.25) is 5.02 Å². The van der Waals surface area contributed by atoms with Gasteiger partial charge in [-0.3, -0.25) is 14.5 Å². The molecule has 2 N–H and O–H groups in total. The van der Waals surface area contributed by atoms with Crippen LogP contribution in [-0.2, 0) is 9.59 Å². The van der Waals surface area contributed by atoms with Crippen molar-refractivity contribution in [3.05, 3.63) is 23.2 Å². The number of carbonyl (C=O) groups excluding carboxylic acids is 1. The summed E-state index contributed by atoms with van der Waals surface area (Å²) in [6.07, 6.45) is 0. The first-order valence-electron chi connectivity index (χ1n) is 6.03. The highest BCUT2D eigenvalue weighted by molar-refractivity contribution is 6.31. The third kappa shape index (κ3) is 5.07. The van der Waals surface area contributed by atoms with E-state index in [1.54, 1.807) is 25.1 Å². The van der Waals surface area contributed by atoms with E-state index in [1.807, 2.05) is 0 Å². The number of benzene rings is 1. The van der Waals surface area contributed by atoms with Gasteiger partial charge in [-0.25, -0.2) is 0 Å². The van der Waals surface area contributed by atoms with Gasteiger partial charge in [0.15, 0.2) is 0 Å². The van der Waals surface area contributed by atoms with Crippen LogP contribution in [0.4, 0.5) is 5.69 Å². The first kappa shape index (κ1) is 16.3. The zero-order valence-electron chi connectivity index (χ0n) is 11.4. The minimum absolute atomic E-state index is 0.0154. The number of nitrogens with zero attached hydrogens (tertiary/aromatic N) is 1. The smallest absolute Gasteiger partial charge is 0.317 e. The van der Waals surface area contributed by atoms with Gasteiger partial charge in [-0.15, -0.1) is 0 Å². The summed E-state index contributed by atoms with van der Waals surface area (Å²) >= 11 is 5.86. The van der Waals surface area contributed by atoms with Crippen molar-refractivity contribution in [1.82, 2.24) is 4.90 Å². The molecule has 1 rings (SSSR count). The van der Waals surface area contributed by atoms with Gasteiger partial charge in [-0.2, -0.15) is 0 Å². The number of hydrogen-bond acceptors (Lipinski definition) is 4. The monoisotopic (exact) mass is 300 g/mol. The molecule has 20 heavy (non-hydrogen) atoms. The van der Waals surface area contributed by atoms with Gasteiger partial charge in [0, 0.05) is 5.02 Å². The zero-order chi connectivity index (χ0) is 15.1. The predicted molar refractivity (Wildman–Crippen MR) is 76.4 cm³/mol. The third-order valence-corrected chi connectivity index (χ3v) is 2.84. The number of likely N-dealkylation sites (N-methyl/N-ethyl adjacent to an activating group) is 1. The van der Waals surface area contributed by atoms with Crippen LogP contribution in [0.3, 0.4) is 0 Å². The summed E-state index contributed by atoms with van der Waals surface area (Å²) in [5.41, 5.74) is 0.455. The van der Waals surface area contributed by atoms with Crippen LogP contribution in [0.1, 0.15) is 6.92 Å².